The molecular formula is C21H22N2O4S. The number of nitrogens with zero attached hydrogens (tertiary/aromatic N) is 1. The van der Waals surface area contributed by atoms with Gasteiger partial charge in [-0.1, -0.05) is 36.8 Å². The summed E-state index contributed by atoms with van der Waals surface area (Å²) in [6.07, 6.45) is 1.98. The Balaban J connectivity index is 1.55. The summed E-state index contributed by atoms with van der Waals surface area (Å²) in [7, 11) is 0. The van der Waals surface area contributed by atoms with Crippen molar-refractivity contribution >= 4 is 39.1 Å². The van der Waals surface area contributed by atoms with E-state index in [1.165, 1.54) is 11.3 Å². The minimum Gasteiger partial charge on any atom is -0.462 e. The first-order valence-corrected chi connectivity index (χ1v) is 10.1. The van der Waals surface area contributed by atoms with E-state index >= 15 is 0 Å². The number of nitrogens with one attached hydrogen (secondary N) is 1. The number of fused-ring (bicyclic) bond motifs is 1. The minimum absolute atomic E-state index is 0.0695. The molecule has 0 saturated heterocycles. The molecule has 3 aromatic rings. The molecule has 0 unspecified atom stereocenters. The molecule has 0 aliphatic rings. The zero-order valence-corrected chi connectivity index (χ0v) is 16.5. The van der Waals surface area contributed by atoms with Gasteiger partial charge in [0, 0.05) is 18.7 Å². The van der Waals surface area contributed by atoms with Crippen molar-refractivity contribution in [3.8, 4) is 0 Å². The third kappa shape index (κ3) is 4.86. The van der Waals surface area contributed by atoms with Crippen LogP contribution in [0.25, 0.3) is 10.2 Å². The molecule has 0 saturated carbocycles. The molecular weight excluding hydrogens is 376 g/mol. The van der Waals surface area contributed by atoms with Gasteiger partial charge >= 0.3 is 10.8 Å². The predicted molar refractivity (Wildman–Crippen MR) is 111 cm³/mol. The van der Waals surface area contributed by atoms with Crippen LogP contribution in [0.3, 0.4) is 0 Å². The Bertz CT molecular complexity index is 1020. The Hall–Kier alpha value is -2.93. The van der Waals surface area contributed by atoms with Crippen molar-refractivity contribution in [1.29, 1.82) is 0 Å². The molecule has 146 valence electrons. The predicted octanol–water partition coefficient (Wildman–Crippen LogP) is 4.05. The van der Waals surface area contributed by atoms with E-state index in [9.17, 15) is 14.4 Å². The van der Waals surface area contributed by atoms with Crippen LogP contribution in [0.4, 0.5) is 5.69 Å². The quantitative estimate of drug-likeness (QED) is 0.459. The van der Waals surface area contributed by atoms with Crippen LogP contribution in [0.1, 0.15) is 36.5 Å². The normalized spacial score (nSPS) is 10.8. The zero-order chi connectivity index (χ0) is 19.9. The van der Waals surface area contributed by atoms with Gasteiger partial charge in [0.1, 0.15) is 0 Å². The molecule has 1 amide bonds. The van der Waals surface area contributed by atoms with Gasteiger partial charge in [0.05, 0.1) is 22.4 Å². The maximum Gasteiger partial charge on any atom is 0.338 e. The van der Waals surface area contributed by atoms with Gasteiger partial charge in [-0.15, -0.1) is 0 Å². The van der Waals surface area contributed by atoms with Gasteiger partial charge in [0.2, 0.25) is 5.91 Å². The monoisotopic (exact) mass is 398 g/mol. The number of carbonyl (C=O) groups is 2. The number of para-hydroxylation sites is 1. The summed E-state index contributed by atoms with van der Waals surface area (Å²) in [6, 6.07) is 14.1. The SMILES string of the molecule is CCCCOC(=O)c1ccc(NC(=O)CCn2c(=O)sc3ccccc32)cc1. The summed E-state index contributed by atoms with van der Waals surface area (Å²) in [5, 5.41) is 2.79. The van der Waals surface area contributed by atoms with Crippen molar-refractivity contribution in [2.75, 3.05) is 11.9 Å². The van der Waals surface area contributed by atoms with Crippen LogP contribution in [-0.4, -0.2) is 23.1 Å². The van der Waals surface area contributed by atoms with Gasteiger partial charge in [-0.2, -0.15) is 0 Å². The lowest BCUT2D eigenvalue weighted by molar-refractivity contribution is -0.116. The highest BCUT2D eigenvalue weighted by atomic mass is 32.1. The summed E-state index contributed by atoms with van der Waals surface area (Å²) < 4.78 is 7.69. The average Bonchev–Trinajstić information content (AvgIpc) is 3.02. The summed E-state index contributed by atoms with van der Waals surface area (Å²) >= 11 is 1.18. The fraction of sp³-hybridized carbons (Fsp3) is 0.286. The fourth-order valence-corrected chi connectivity index (χ4v) is 3.66. The second-order valence-corrected chi connectivity index (χ2v) is 7.35. The topological polar surface area (TPSA) is 77.4 Å². The highest BCUT2D eigenvalue weighted by Crippen LogP contribution is 2.17. The minimum atomic E-state index is -0.366. The molecule has 1 N–H and O–H groups in total. The largest absolute Gasteiger partial charge is 0.462 e. The van der Waals surface area contributed by atoms with Crippen molar-refractivity contribution in [2.45, 2.75) is 32.7 Å². The van der Waals surface area contributed by atoms with Crippen LogP contribution in [0.2, 0.25) is 0 Å². The van der Waals surface area contributed by atoms with Crippen molar-refractivity contribution in [3.63, 3.8) is 0 Å². The van der Waals surface area contributed by atoms with E-state index in [-0.39, 0.29) is 23.2 Å². The van der Waals surface area contributed by atoms with Crippen LogP contribution >= 0.6 is 11.3 Å². The molecule has 1 aromatic heterocycles. The fourth-order valence-electron chi connectivity index (χ4n) is 2.74. The van der Waals surface area contributed by atoms with Crippen molar-refractivity contribution in [2.24, 2.45) is 0 Å². The summed E-state index contributed by atoms with van der Waals surface area (Å²) in [6.45, 7) is 2.75. The van der Waals surface area contributed by atoms with E-state index in [2.05, 4.69) is 5.32 Å². The number of benzene rings is 2. The summed E-state index contributed by atoms with van der Waals surface area (Å²) in [5.74, 6) is -0.560. The molecule has 7 heteroatoms. The lowest BCUT2D eigenvalue weighted by Crippen LogP contribution is -2.19. The number of ether oxygens (including phenoxy) is 1. The third-order valence-electron chi connectivity index (χ3n) is 4.27. The Kier molecular flexibility index (Phi) is 6.60. The molecule has 0 atom stereocenters. The molecule has 0 bridgehead atoms. The second-order valence-electron chi connectivity index (χ2n) is 6.35. The Morgan fingerprint density at radius 1 is 1.11 bits per heavy atom. The Morgan fingerprint density at radius 3 is 2.61 bits per heavy atom. The number of esters is 1. The molecule has 0 aliphatic heterocycles. The van der Waals surface area contributed by atoms with E-state index in [1.54, 1.807) is 28.8 Å². The van der Waals surface area contributed by atoms with E-state index < -0.39 is 0 Å². The second kappa shape index (κ2) is 9.32. The van der Waals surface area contributed by atoms with Crippen molar-refractivity contribution in [3.05, 3.63) is 63.8 Å². The van der Waals surface area contributed by atoms with Crippen LogP contribution in [-0.2, 0) is 16.1 Å². The molecule has 3 rings (SSSR count). The van der Waals surface area contributed by atoms with Crippen molar-refractivity contribution in [1.82, 2.24) is 4.57 Å². The van der Waals surface area contributed by atoms with Crippen LogP contribution in [0.5, 0.6) is 0 Å². The number of thiazole rings is 1. The molecule has 1 heterocycles. The zero-order valence-electron chi connectivity index (χ0n) is 15.6. The number of hydrogen-bond acceptors (Lipinski definition) is 5. The number of carbonyl (C=O) groups excluding carboxylic acids is 2. The summed E-state index contributed by atoms with van der Waals surface area (Å²) in [5.41, 5.74) is 1.89. The molecule has 0 spiro atoms. The number of unbranched alkanes of at least 4 members (excludes halogenated alkanes) is 1. The lowest BCUT2D eigenvalue weighted by Gasteiger charge is -2.08. The maximum absolute atomic E-state index is 12.2. The number of hydrogen-bond donors (Lipinski definition) is 1. The molecule has 0 fully saturated rings. The molecule has 2 aromatic carbocycles. The number of rotatable bonds is 8. The number of aromatic nitrogens is 1. The van der Waals surface area contributed by atoms with E-state index in [1.807, 2.05) is 31.2 Å². The smallest absolute Gasteiger partial charge is 0.338 e. The van der Waals surface area contributed by atoms with Gasteiger partial charge in [0.15, 0.2) is 0 Å². The van der Waals surface area contributed by atoms with Gasteiger partial charge in [-0.3, -0.25) is 14.2 Å². The van der Waals surface area contributed by atoms with E-state index in [4.69, 9.17) is 4.74 Å². The number of aryl methyl sites for hydroxylation is 1. The van der Waals surface area contributed by atoms with Gasteiger partial charge < -0.3 is 10.1 Å². The summed E-state index contributed by atoms with van der Waals surface area (Å²) in [4.78, 5) is 36.2. The van der Waals surface area contributed by atoms with E-state index in [0.717, 1.165) is 23.1 Å². The molecule has 6 nitrogen and oxygen atoms in total. The Morgan fingerprint density at radius 2 is 1.86 bits per heavy atom. The molecule has 28 heavy (non-hydrogen) atoms. The van der Waals surface area contributed by atoms with Crippen LogP contribution < -0.4 is 10.2 Å². The standard InChI is InChI=1S/C21H22N2O4S/c1-2-3-14-27-20(25)15-8-10-16(11-9-15)22-19(24)12-13-23-17-6-4-5-7-18(17)28-21(23)26/h4-11H,2-3,12-14H2,1H3,(H,22,24). The van der Waals surface area contributed by atoms with E-state index in [0.29, 0.717) is 24.4 Å². The highest BCUT2D eigenvalue weighted by Gasteiger charge is 2.10. The number of anilines is 1. The van der Waals surface area contributed by atoms with Gasteiger partial charge in [-0.05, 0) is 42.8 Å². The van der Waals surface area contributed by atoms with Crippen LogP contribution in [0, 0.1) is 0 Å². The van der Waals surface area contributed by atoms with Gasteiger partial charge in [-0.25, -0.2) is 4.79 Å². The van der Waals surface area contributed by atoms with Crippen LogP contribution in [0.15, 0.2) is 53.3 Å². The first kappa shape index (κ1) is 19.8. The Labute approximate surface area is 166 Å². The molecule has 0 aliphatic carbocycles. The average molecular weight is 398 g/mol. The first-order valence-electron chi connectivity index (χ1n) is 9.24. The first-order chi connectivity index (χ1) is 13.6. The maximum atomic E-state index is 12.2. The highest BCUT2D eigenvalue weighted by molar-refractivity contribution is 7.16. The number of amides is 1. The third-order valence-corrected chi connectivity index (χ3v) is 5.23. The molecule has 0 radical (unpaired) electrons. The van der Waals surface area contributed by atoms with Gasteiger partial charge in [0.25, 0.3) is 0 Å². The van der Waals surface area contributed by atoms with Crippen molar-refractivity contribution < 1.29 is 14.3 Å². The lowest BCUT2D eigenvalue weighted by atomic mass is 10.2.